The van der Waals surface area contributed by atoms with E-state index < -0.39 is 0 Å². The predicted octanol–water partition coefficient (Wildman–Crippen LogP) is 2.25. The van der Waals surface area contributed by atoms with Crippen molar-refractivity contribution in [2.45, 2.75) is 6.92 Å². The predicted molar refractivity (Wildman–Crippen MR) is 79.3 cm³/mol. The lowest BCUT2D eigenvalue weighted by Gasteiger charge is -2.08. The van der Waals surface area contributed by atoms with E-state index in [1.54, 1.807) is 20.1 Å². The fourth-order valence-corrected chi connectivity index (χ4v) is 2.00. The average molecular weight is 284 g/mol. The van der Waals surface area contributed by atoms with Gasteiger partial charge in [0.15, 0.2) is 0 Å². The Morgan fingerprint density at radius 2 is 1.95 bits per heavy atom. The highest BCUT2D eigenvalue weighted by molar-refractivity contribution is 5.70. The Kier molecular flexibility index (Phi) is 4.75. The molecule has 5 nitrogen and oxygen atoms in total. The summed E-state index contributed by atoms with van der Waals surface area (Å²) >= 11 is 0. The number of methoxy groups -OCH3 is 1. The van der Waals surface area contributed by atoms with Crippen LogP contribution in [0.15, 0.2) is 35.1 Å². The van der Waals surface area contributed by atoms with Gasteiger partial charge in [-0.1, -0.05) is 12.1 Å². The average Bonchev–Trinajstić information content (AvgIpc) is 2.47. The number of nitrogens with one attached hydrogen (secondary N) is 1. The third-order valence-electron chi connectivity index (χ3n) is 3.00. The first-order valence-corrected chi connectivity index (χ1v) is 6.52. The maximum Gasteiger partial charge on any atom is 0.266 e. The van der Waals surface area contributed by atoms with E-state index in [0.29, 0.717) is 18.8 Å². The number of hydrogen-bond acceptors (Lipinski definition) is 4. The molecule has 0 saturated carbocycles. The van der Waals surface area contributed by atoms with Crippen LogP contribution in [-0.2, 0) is 4.74 Å². The fourth-order valence-electron chi connectivity index (χ4n) is 2.00. The molecular weight excluding hydrogens is 268 g/mol. The summed E-state index contributed by atoms with van der Waals surface area (Å²) in [6.07, 6.45) is 0. The van der Waals surface area contributed by atoms with Crippen LogP contribution in [0.3, 0.4) is 0 Å². The number of nitriles is 1. The van der Waals surface area contributed by atoms with Crippen LogP contribution in [0.5, 0.6) is 5.75 Å². The van der Waals surface area contributed by atoms with Crippen molar-refractivity contribution in [3.05, 3.63) is 51.9 Å². The van der Waals surface area contributed by atoms with Crippen LogP contribution in [0.1, 0.15) is 11.3 Å². The molecule has 2 rings (SSSR count). The molecule has 0 aliphatic rings. The van der Waals surface area contributed by atoms with Crippen LogP contribution in [0, 0.1) is 18.3 Å². The standard InChI is InChI=1S/C16H16N2O3/c1-11-9-14(15(10-17)16(19)18-11)12-3-5-13(6-4-12)21-8-7-20-2/h3-6,9H,7-8H2,1-2H3,(H,18,19). The topological polar surface area (TPSA) is 75.1 Å². The van der Waals surface area contributed by atoms with Crippen molar-refractivity contribution in [3.63, 3.8) is 0 Å². The molecule has 108 valence electrons. The van der Waals surface area contributed by atoms with E-state index in [2.05, 4.69) is 4.98 Å². The van der Waals surface area contributed by atoms with Gasteiger partial charge in [-0.3, -0.25) is 4.79 Å². The van der Waals surface area contributed by atoms with Crippen molar-refractivity contribution in [1.29, 1.82) is 5.26 Å². The van der Waals surface area contributed by atoms with Crippen molar-refractivity contribution in [2.75, 3.05) is 20.3 Å². The summed E-state index contributed by atoms with van der Waals surface area (Å²) in [5, 5.41) is 9.14. The van der Waals surface area contributed by atoms with Gasteiger partial charge in [-0.25, -0.2) is 0 Å². The van der Waals surface area contributed by atoms with Crippen LogP contribution in [0.4, 0.5) is 0 Å². The number of aromatic amines is 1. The van der Waals surface area contributed by atoms with Crippen molar-refractivity contribution in [2.24, 2.45) is 0 Å². The number of aromatic nitrogens is 1. The smallest absolute Gasteiger partial charge is 0.266 e. The fraction of sp³-hybridized carbons (Fsp3) is 0.250. The first-order valence-electron chi connectivity index (χ1n) is 6.52. The van der Waals surface area contributed by atoms with Gasteiger partial charge in [0, 0.05) is 18.4 Å². The second-order valence-corrected chi connectivity index (χ2v) is 4.55. The highest BCUT2D eigenvalue weighted by atomic mass is 16.5. The first kappa shape index (κ1) is 14.8. The van der Waals surface area contributed by atoms with E-state index in [9.17, 15) is 4.79 Å². The van der Waals surface area contributed by atoms with Gasteiger partial charge in [-0.15, -0.1) is 0 Å². The van der Waals surface area contributed by atoms with Gasteiger partial charge in [0.05, 0.1) is 6.61 Å². The Morgan fingerprint density at radius 1 is 1.24 bits per heavy atom. The molecular formula is C16H16N2O3. The molecule has 0 saturated heterocycles. The monoisotopic (exact) mass is 284 g/mol. The summed E-state index contributed by atoms with van der Waals surface area (Å²) in [4.78, 5) is 14.4. The Hall–Kier alpha value is -2.58. The molecule has 0 aliphatic heterocycles. The SMILES string of the molecule is COCCOc1ccc(-c2cc(C)[nH]c(=O)c2C#N)cc1. The Labute approximate surface area is 122 Å². The van der Waals surface area contributed by atoms with Crippen molar-refractivity contribution >= 4 is 0 Å². The van der Waals surface area contributed by atoms with Gasteiger partial charge in [0.25, 0.3) is 5.56 Å². The van der Waals surface area contributed by atoms with Gasteiger partial charge in [-0.2, -0.15) is 5.26 Å². The minimum atomic E-state index is -0.368. The van der Waals surface area contributed by atoms with E-state index in [1.807, 2.05) is 30.3 Å². The van der Waals surface area contributed by atoms with E-state index in [-0.39, 0.29) is 11.1 Å². The Balaban J connectivity index is 2.31. The third-order valence-corrected chi connectivity index (χ3v) is 3.00. The zero-order chi connectivity index (χ0) is 15.2. The van der Waals surface area contributed by atoms with Gasteiger partial charge < -0.3 is 14.5 Å². The lowest BCUT2D eigenvalue weighted by atomic mass is 10.0. The van der Waals surface area contributed by atoms with Crippen molar-refractivity contribution in [3.8, 4) is 22.9 Å². The molecule has 0 bridgehead atoms. The first-order chi connectivity index (χ1) is 10.2. The maximum atomic E-state index is 11.8. The van der Waals surface area contributed by atoms with Gasteiger partial charge >= 0.3 is 0 Å². The highest BCUT2D eigenvalue weighted by Gasteiger charge is 2.10. The second kappa shape index (κ2) is 6.73. The number of H-pyrrole nitrogens is 1. The number of ether oxygens (including phenoxy) is 2. The van der Waals surface area contributed by atoms with Crippen LogP contribution in [0.25, 0.3) is 11.1 Å². The van der Waals surface area contributed by atoms with Crippen LogP contribution in [0.2, 0.25) is 0 Å². The molecule has 5 heteroatoms. The summed E-state index contributed by atoms with van der Waals surface area (Å²) in [5.41, 5.74) is 1.90. The number of hydrogen-bond donors (Lipinski definition) is 1. The quantitative estimate of drug-likeness (QED) is 0.854. The molecule has 0 fully saturated rings. The van der Waals surface area contributed by atoms with Crippen LogP contribution in [-0.4, -0.2) is 25.3 Å². The summed E-state index contributed by atoms with van der Waals surface area (Å²) in [6, 6.07) is 11.0. The summed E-state index contributed by atoms with van der Waals surface area (Å²) in [6.45, 7) is 2.78. The highest BCUT2D eigenvalue weighted by Crippen LogP contribution is 2.24. The summed E-state index contributed by atoms with van der Waals surface area (Å²) < 4.78 is 10.4. The number of benzene rings is 1. The molecule has 1 heterocycles. The summed E-state index contributed by atoms with van der Waals surface area (Å²) in [5.74, 6) is 0.718. The Morgan fingerprint density at radius 3 is 2.57 bits per heavy atom. The minimum absolute atomic E-state index is 0.119. The maximum absolute atomic E-state index is 11.8. The molecule has 0 atom stereocenters. The van der Waals surface area contributed by atoms with Gasteiger partial charge in [0.1, 0.15) is 24.0 Å². The molecule has 1 N–H and O–H groups in total. The lowest BCUT2D eigenvalue weighted by Crippen LogP contribution is -2.12. The number of aryl methyl sites for hydroxylation is 1. The van der Waals surface area contributed by atoms with Gasteiger partial charge in [-0.05, 0) is 30.7 Å². The molecule has 1 aromatic carbocycles. The molecule has 0 unspecified atom stereocenters. The van der Waals surface area contributed by atoms with Crippen LogP contribution >= 0.6 is 0 Å². The zero-order valence-electron chi connectivity index (χ0n) is 12.0. The van der Waals surface area contributed by atoms with Crippen LogP contribution < -0.4 is 10.3 Å². The minimum Gasteiger partial charge on any atom is -0.491 e. The molecule has 1 aromatic heterocycles. The third kappa shape index (κ3) is 3.50. The molecule has 21 heavy (non-hydrogen) atoms. The lowest BCUT2D eigenvalue weighted by molar-refractivity contribution is 0.146. The number of pyridine rings is 1. The zero-order valence-corrected chi connectivity index (χ0v) is 12.0. The number of nitrogens with zero attached hydrogens (tertiary/aromatic N) is 1. The van der Waals surface area contributed by atoms with Gasteiger partial charge in [0.2, 0.25) is 0 Å². The molecule has 0 radical (unpaired) electrons. The van der Waals surface area contributed by atoms with E-state index >= 15 is 0 Å². The van der Waals surface area contributed by atoms with Crippen molar-refractivity contribution < 1.29 is 9.47 Å². The van der Waals surface area contributed by atoms with E-state index in [4.69, 9.17) is 14.7 Å². The van der Waals surface area contributed by atoms with E-state index in [0.717, 1.165) is 17.0 Å². The van der Waals surface area contributed by atoms with Crippen molar-refractivity contribution in [1.82, 2.24) is 4.98 Å². The second-order valence-electron chi connectivity index (χ2n) is 4.55. The molecule has 0 aliphatic carbocycles. The largest absolute Gasteiger partial charge is 0.491 e. The summed E-state index contributed by atoms with van der Waals surface area (Å²) in [7, 11) is 1.62. The molecule has 2 aromatic rings. The molecule has 0 amide bonds. The normalized spacial score (nSPS) is 10.1. The molecule has 0 spiro atoms. The Bertz CT molecular complexity index is 712. The van der Waals surface area contributed by atoms with E-state index in [1.165, 1.54) is 0 Å². The number of rotatable bonds is 5.